The largest absolute Gasteiger partial charge is 0.419 e. The molecule has 0 atom stereocenters. The van der Waals surface area contributed by atoms with Gasteiger partial charge in [0, 0.05) is 46.1 Å². The van der Waals surface area contributed by atoms with Gasteiger partial charge in [-0.1, -0.05) is 6.07 Å². The second kappa shape index (κ2) is 8.42. The summed E-state index contributed by atoms with van der Waals surface area (Å²) in [6.45, 7) is 1.83. The van der Waals surface area contributed by atoms with E-state index in [-0.39, 0.29) is 11.2 Å². The second-order valence-electron chi connectivity index (χ2n) is 6.06. The zero-order chi connectivity index (χ0) is 19.4. The van der Waals surface area contributed by atoms with E-state index in [4.69, 9.17) is 9.15 Å². The van der Waals surface area contributed by atoms with Crippen LogP contribution in [-0.4, -0.2) is 44.5 Å². The fraction of sp³-hybridized carbons (Fsp3) is 0.412. The van der Waals surface area contributed by atoms with Gasteiger partial charge in [-0.25, -0.2) is 4.79 Å². The summed E-state index contributed by atoms with van der Waals surface area (Å²) in [6, 6.07) is 5.30. The highest BCUT2D eigenvalue weighted by Crippen LogP contribution is 2.23. The van der Waals surface area contributed by atoms with Gasteiger partial charge in [0.1, 0.15) is 0 Å². The molecule has 0 aliphatic rings. The Bertz CT molecular complexity index is 1010. The van der Waals surface area contributed by atoms with Gasteiger partial charge in [-0.15, -0.1) is 21.5 Å². The molecule has 0 spiro atoms. The maximum atomic E-state index is 12.1. The number of hydrogen-bond acceptors (Lipinski definition) is 8. The molecule has 0 aliphatic carbocycles. The van der Waals surface area contributed by atoms with Gasteiger partial charge in [-0.05, 0) is 11.4 Å². The first kappa shape index (κ1) is 19.2. The van der Waals surface area contributed by atoms with E-state index in [0.717, 1.165) is 9.44 Å². The Morgan fingerprint density at radius 2 is 2.04 bits per heavy atom. The van der Waals surface area contributed by atoms with E-state index in [1.54, 1.807) is 14.2 Å². The minimum Gasteiger partial charge on any atom is -0.419 e. The lowest BCUT2D eigenvalue weighted by molar-refractivity contribution is 0.132. The van der Waals surface area contributed by atoms with Crippen molar-refractivity contribution in [1.29, 1.82) is 0 Å². The average Bonchev–Trinajstić information content (AvgIpc) is 3.33. The van der Waals surface area contributed by atoms with Gasteiger partial charge >= 0.3 is 5.69 Å². The van der Waals surface area contributed by atoms with Gasteiger partial charge in [-0.2, -0.15) is 0 Å². The van der Waals surface area contributed by atoms with Crippen LogP contribution < -0.4 is 11.2 Å². The molecule has 9 nitrogen and oxygen atoms in total. The van der Waals surface area contributed by atoms with Crippen molar-refractivity contribution in [3.8, 4) is 10.8 Å². The molecule has 0 aliphatic heterocycles. The predicted molar refractivity (Wildman–Crippen MR) is 101 cm³/mol. The van der Waals surface area contributed by atoms with Crippen LogP contribution in [0.2, 0.25) is 0 Å². The van der Waals surface area contributed by atoms with Crippen LogP contribution >= 0.6 is 11.3 Å². The van der Waals surface area contributed by atoms with Crippen molar-refractivity contribution in [3.63, 3.8) is 0 Å². The molecule has 144 valence electrons. The molecule has 3 aromatic rings. The molecule has 0 bridgehead atoms. The lowest BCUT2D eigenvalue weighted by Crippen LogP contribution is -2.39. The van der Waals surface area contributed by atoms with Crippen molar-refractivity contribution in [3.05, 3.63) is 56.0 Å². The topological polar surface area (TPSA) is 95.4 Å². The molecule has 0 saturated carbocycles. The van der Waals surface area contributed by atoms with E-state index in [0.29, 0.717) is 43.7 Å². The number of thiophene rings is 1. The first-order valence-electron chi connectivity index (χ1n) is 8.33. The van der Waals surface area contributed by atoms with Crippen molar-refractivity contribution in [2.75, 3.05) is 20.3 Å². The SMILES string of the molecule is COCCN(Cc1nnc(-c2cccs2)o1)Cc1cc(=O)n(C)c(=O)n1C. The molecule has 0 fully saturated rings. The van der Waals surface area contributed by atoms with Crippen LogP contribution in [0.4, 0.5) is 0 Å². The number of hydrogen-bond donors (Lipinski definition) is 0. The van der Waals surface area contributed by atoms with E-state index in [2.05, 4.69) is 10.2 Å². The molecule has 27 heavy (non-hydrogen) atoms. The van der Waals surface area contributed by atoms with Crippen LogP contribution in [0.25, 0.3) is 10.8 Å². The zero-order valence-electron chi connectivity index (χ0n) is 15.4. The van der Waals surface area contributed by atoms with E-state index in [1.807, 2.05) is 22.4 Å². The van der Waals surface area contributed by atoms with E-state index in [1.165, 1.54) is 29.0 Å². The van der Waals surface area contributed by atoms with Crippen molar-refractivity contribution >= 4 is 11.3 Å². The average molecular weight is 391 g/mol. The van der Waals surface area contributed by atoms with Crippen LogP contribution in [0.3, 0.4) is 0 Å². The van der Waals surface area contributed by atoms with E-state index >= 15 is 0 Å². The minimum absolute atomic E-state index is 0.336. The third-order valence-corrected chi connectivity index (χ3v) is 5.04. The van der Waals surface area contributed by atoms with Gasteiger partial charge in [-0.3, -0.25) is 18.8 Å². The summed E-state index contributed by atoms with van der Waals surface area (Å²) in [4.78, 5) is 27.0. The van der Waals surface area contributed by atoms with Crippen molar-refractivity contribution in [2.24, 2.45) is 14.1 Å². The van der Waals surface area contributed by atoms with Crippen LogP contribution in [-0.2, 0) is 31.9 Å². The fourth-order valence-electron chi connectivity index (χ4n) is 2.60. The molecular formula is C17H21N5O4S. The van der Waals surface area contributed by atoms with E-state index in [9.17, 15) is 9.59 Å². The highest BCUT2D eigenvalue weighted by atomic mass is 32.1. The van der Waals surface area contributed by atoms with Gasteiger partial charge in [0.2, 0.25) is 5.89 Å². The molecule has 0 unspecified atom stereocenters. The maximum absolute atomic E-state index is 12.1. The molecule has 0 saturated heterocycles. The van der Waals surface area contributed by atoms with E-state index < -0.39 is 0 Å². The van der Waals surface area contributed by atoms with Gasteiger partial charge < -0.3 is 9.15 Å². The minimum atomic E-state index is -0.359. The Hall–Kier alpha value is -2.56. The third-order valence-electron chi connectivity index (χ3n) is 4.18. The predicted octanol–water partition coefficient (Wildman–Crippen LogP) is 0.844. The molecule has 0 N–H and O–H groups in total. The first-order chi connectivity index (χ1) is 13.0. The number of aromatic nitrogens is 4. The smallest absolute Gasteiger partial charge is 0.330 e. The summed E-state index contributed by atoms with van der Waals surface area (Å²) >= 11 is 1.53. The lowest BCUT2D eigenvalue weighted by atomic mass is 10.3. The molecule has 0 radical (unpaired) electrons. The monoisotopic (exact) mass is 391 g/mol. The highest BCUT2D eigenvalue weighted by Gasteiger charge is 2.16. The Kier molecular flexibility index (Phi) is 5.99. The second-order valence-corrected chi connectivity index (χ2v) is 7.00. The van der Waals surface area contributed by atoms with Crippen LogP contribution in [0, 0.1) is 0 Å². The molecule has 3 aromatic heterocycles. The molecular weight excluding hydrogens is 370 g/mol. The summed E-state index contributed by atoms with van der Waals surface area (Å²) < 4.78 is 13.5. The standard InChI is InChI=1S/C17H21N5O4S/c1-20-12(9-15(23)21(2)17(20)24)10-22(6-7-25-3)11-14-18-19-16(26-14)13-5-4-8-27-13/h4-5,8-9H,6-7,10-11H2,1-3H3. The molecule has 0 amide bonds. The number of rotatable bonds is 8. The third kappa shape index (κ3) is 4.41. The zero-order valence-corrected chi connectivity index (χ0v) is 16.2. The van der Waals surface area contributed by atoms with Crippen LogP contribution in [0.15, 0.2) is 37.6 Å². The number of methoxy groups -OCH3 is 1. The number of nitrogens with zero attached hydrogens (tertiary/aromatic N) is 5. The van der Waals surface area contributed by atoms with Crippen LogP contribution in [0.5, 0.6) is 0 Å². The normalized spacial score (nSPS) is 11.4. The van der Waals surface area contributed by atoms with Crippen molar-refractivity contribution in [2.45, 2.75) is 13.1 Å². The number of ether oxygens (including phenoxy) is 1. The van der Waals surface area contributed by atoms with Crippen molar-refractivity contribution in [1.82, 2.24) is 24.2 Å². The summed E-state index contributed by atoms with van der Waals surface area (Å²) in [5.41, 5.74) is -0.0864. The quantitative estimate of drug-likeness (QED) is 0.562. The maximum Gasteiger partial charge on any atom is 0.330 e. The molecule has 10 heteroatoms. The summed E-state index contributed by atoms with van der Waals surface area (Å²) in [5.74, 6) is 0.941. The van der Waals surface area contributed by atoms with Gasteiger partial charge in [0.25, 0.3) is 11.4 Å². The summed E-state index contributed by atoms with van der Waals surface area (Å²) in [7, 11) is 4.72. The lowest BCUT2D eigenvalue weighted by Gasteiger charge is -2.21. The van der Waals surface area contributed by atoms with Crippen LogP contribution in [0.1, 0.15) is 11.6 Å². The Balaban J connectivity index is 1.81. The van der Waals surface area contributed by atoms with Gasteiger partial charge in [0.05, 0.1) is 18.0 Å². The molecule has 3 heterocycles. The van der Waals surface area contributed by atoms with Crippen molar-refractivity contribution < 1.29 is 9.15 Å². The Morgan fingerprint density at radius 1 is 1.22 bits per heavy atom. The summed E-state index contributed by atoms with van der Waals surface area (Å²) in [6.07, 6.45) is 0. The molecule has 3 rings (SSSR count). The molecule has 0 aromatic carbocycles. The Labute approximate surface area is 159 Å². The Morgan fingerprint density at radius 3 is 2.74 bits per heavy atom. The highest BCUT2D eigenvalue weighted by molar-refractivity contribution is 7.13. The summed E-state index contributed by atoms with van der Waals surface area (Å²) in [5, 5.41) is 10.1. The first-order valence-corrected chi connectivity index (χ1v) is 9.21. The van der Waals surface area contributed by atoms with Gasteiger partial charge in [0.15, 0.2) is 0 Å². The fourth-order valence-corrected chi connectivity index (χ4v) is 3.25.